The topological polar surface area (TPSA) is 38.7 Å². The molecule has 0 aromatic heterocycles. The molecule has 1 aliphatic heterocycles. The van der Waals surface area contributed by atoms with Crippen LogP contribution in [0.25, 0.3) is 0 Å². The first-order valence-corrected chi connectivity index (χ1v) is 6.79. The molecule has 18 heavy (non-hydrogen) atoms. The van der Waals surface area contributed by atoms with Gasteiger partial charge in [-0.05, 0) is 30.5 Å². The monoisotopic (exact) mass is 248 g/mol. The molecule has 3 nitrogen and oxygen atoms in total. The summed E-state index contributed by atoms with van der Waals surface area (Å²) in [6.07, 6.45) is 4.81. The third-order valence-electron chi connectivity index (χ3n) is 3.73. The van der Waals surface area contributed by atoms with E-state index in [4.69, 9.17) is 9.47 Å². The summed E-state index contributed by atoms with van der Waals surface area (Å²) in [5.74, 6) is 0.920. The Kier molecular flexibility index (Phi) is 3.27. The second-order valence-corrected chi connectivity index (χ2v) is 5.48. The normalized spacial score (nSPS) is 22.7. The first kappa shape index (κ1) is 12.0. The van der Waals surface area contributed by atoms with Crippen LogP contribution in [-0.2, 0) is 11.2 Å². The van der Waals surface area contributed by atoms with Crippen molar-refractivity contribution in [1.29, 1.82) is 0 Å². The summed E-state index contributed by atoms with van der Waals surface area (Å²) in [4.78, 5) is 0. The Morgan fingerprint density at radius 2 is 2.06 bits per heavy atom. The van der Waals surface area contributed by atoms with Crippen molar-refractivity contribution in [1.82, 2.24) is 0 Å². The van der Waals surface area contributed by atoms with Crippen LogP contribution in [0.4, 0.5) is 0 Å². The van der Waals surface area contributed by atoms with Crippen LogP contribution < -0.4 is 4.74 Å². The van der Waals surface area contributed by atoms with Crippen molar-refractivity contribution < 1.29 is 14.6 Å². The molecule has 1 aliphatic carbocycles. The third kappa shape index (κ3) is 3.03. The molecule has 98 valence electrons. The van der Waals surface area contributed by atoms with Crippen molar-refractivity contribution in [3.8, 4) is 5.75 Å². The first-order chi connectivity index (χ1) is 8.73. The number of aliphatic hydroxyl groups is 1. The molecule has 1 saturated carbocycles. The molecule has 0 spiro atoms. The number of ether oxygens (including phenoxy) is 2. The van der Waals surface area contributed by atoms with E-state index in [9.17, 15) is 5.11 Å². The van der Waals surface area contributed by atoms with E-state index in [0.717, 1.165) is 51.1 Å². The van der Waals surface area contributed by atoms with Gasteiger partial charge in [0.25, 0.3) is 0 Å². The van der Waals surface area contributed by atoms with E-state index in [1.807, 2.05) is 12.1 Å². The van der Waals surface area contributed by atoms with Gasteiger partial charge in [-0.3, -0.25) is 0 Å². The molecule has 0 unspecified atom stereocenters. The maximum Gasteiger partial charge on any atom is 0.119 e. The Bertz CT molecular complexity index is 406. The van der Waals surface area contributed by atoms with Crippen molar-refractivity contribution >= 4 is 0 Å². The van der Waals surface area contributed by atoms with Gasteiger partial charge in [-0.15, -0.1) is 0 Å². The fraction of sp³-hybridized carbons (Fsp3) is 0.600. The number of hydrogen-bond donors (Lipinski definition) is 1. The SMILES string of the molecule is OC1(Cc2cccc(OC3CCOCC3)c2)CC1. The fourth-order valence-corrected chi connectivity index (χ4v) is 2.42. The summed E-state index contributed by atoms with van der Waals surface area (Å²) in [5.41, 5.74) is 0.733. The van der Waals surface area contributed by atoms with Crippen LogP contribution in [0.15, 0.2) is 24.3 Å². The van der Waals surface area contributed by atoms with Gasteiger partial charge in [0.15, 0.2) is 0 Å². The molecular weight excluding hydrogens is 228 g/mol. The Morgan fingerprint density at radius 3 is 2.78 bits per heavy atom. The molecular formula is C15H20O3. The standard InChI is InChI=1S/C15H20O3/c16-15(6-7-15)11-12-2-1-3-14(10-12)18-13-4-8-17-9-5-13/h1-3,10,13,16H,4-9,11H2. The molecule has 1 aromatic carbocycles. The summed E-state index contributed by atoms with van der Waals surface area (Å²) in [6.45, 7) is 1.59. The predicted octanol–water partition coefficient (Wildman–Crippen LogP) is 2.31. The van der Waals surface area contributed by atoms with E-state index in [-0.39, 0.29) is 6.10 Å². The smallest absolute Gasteiger partial charge is 0.119 e. The van der Waals surface area contributed by atoms with E-state index in [0.29, 0.717) is 0 Å². The maximum atomic E-state index is 9.94. The van der Waals surface area contributed by atoms with Crippen molar-refractivity contribution in [3.05, 3.63) is 29.8 Å². The lowest BCUT2D eigenvalue weighted by molar-refractivity contribution is 0.0255. The van der Waals surface area contributed by atoms with Crippen molar-refractivity contribution in [2.24, 2.45) is 0 Å². The maximum absolute atomic E-state index is 9.94. The molecule has 1 N–H and O–H groups in total. The van der Waals surface area contributed by atoms with E-state index in [1.165, 1.54) is 5.56 Å². The van der Waals surface area contributed by atoms with E-state index in [2.05, 4.69) is 12.1 Å². The van der Waals surface area contributed by atoms with Crippen molar-refractivity contribution in [2.45, 2.75) is 43.8 Å². The van der Waals surface area contributed by atoms with E-state index >= 15 is 0 Å². The average molecular weight is 248 g/mol. The van der Waals surface area contributed by atoms with Crippen molar-refractivity contribution in [3.63, 3.8) is 0 Å². The lowest BCUT2D eigenvalue weighted by atomic mass is 10.1. The minimum Gasteiger partial charge on any atom is -0.490 e. The van der Waals surface area contributed by atoms with Crippen molar-refractivity contribution in [2.75, 3.05) is 13.2 Å². The van der Waals surface area contributed by atoms with Gasteiger partial charge in [0.05, 0.1) is 18.8 Å². The van der Waals surface area contributed by atoms with Crippen LogP contribution in [-0.4, -0.2) is 30.0 Å². The summed E-state index contributed by atoms with van der Waals surface area (Å²) < 4.78 is 11.3. The molecule has 3 rings (SSSR count). The molecule has 0 radical (unpaired) electrons. The number of rotatable bonds is 4. The molecule has 3 heteroatoms. The largest absolute Gasteiger partial charge is 0.490 e. The minimum absolute atomic E-state index is 0.276. The highest BCUT2D eigenvalue weighted by Crippen LogP contribution is 2.38. The Morgan fingerprint density at radius 1 is 1.28 bits per heavy atom. The number of hydrogen-bond acceptors (Lipinski definition) is 3. The molecule has 0 bridgehead atoms. The highest BCUT2D eigenvalue weighted by molar-refractivity contribution is 5.30. The molecule has 2 aliphatic rings. The summed E-state index contributed by atoms with van der Waals surface area (Å²) >= 11 is 0. The zero-order valence-electron chi connectivity index (χ0n) is 10.6. The first-order valence-electron chi connectivity index (χ1n) is 6.79. The Hall–Kier alpha value is -1.06. The third-order valence-corrected chi connectivity index (χ3v) is 3.73. The Balaban J connectivity index is 1.62. The van der Waals surface area contributed by atoms with Gasteiger partial charge in [-0.2, -0.15) is 0 Å². The van der Waals surface area contributed by atoms with E-state index in [1.54, 1.807) is 0 Å². The summed E-state index contributed by atoms with van der Waals surface area (Å²) in [6, 6.07) is 8.13. The van der Waals surface area contributed by atoms with Crippen LogP contribution in [0.5, 0.6) is 5.75 Å². The lowest BCUT2D eigenvalue weighted by Gasteiger charge is -2.23. The molecule has 0 amide bonds. The van der Waals surface area contributed by atoms with Crippen LogP contribution in [0.2, 0.25) is 0 Å². The molecule has 0 atom stereocenters. The Labute approximate surface area is 108 Å². The zero-order valence-corrected chi connectivity index (χ0v) is 10.6. The second-order valence-electron chi connectivity index (χ2n) is 5.48. The van der Waals surface area contributed by atoms with Gasteiger partial charge in [-0.25, -0.2) is 0 Å². The lowest BCUT2D eigenvalue weighted by Crippen LogP contribution is -2.25. The average Bonchev–Trinajstić information content (AvgIpc) is 3.08. The molecule has 1 heterocycles. The quantitative estimate of drug-likeness (QED) is 0.888. The van der Waals surface area contributed by atoms with Gasteiger partial charge in [0, 0.05) is 19.3 Å². The van der Waals surface area contributed by atoms with Gasteiger partial charge in [0.1, 0.15) is 11.9 Å². The zero-order chi connectivity index (χ0) is 12.4. The van der Waals surface area contributed by atoms with Crippen LogP contribution >= 0.6 is 0 Å². The van der Waals surface area contributed by atoms with Gasteiger partial charge >= 0.3 is 0 Å². The van der Waals surface area contributed by atoms with Crippen LogP contribution in [0.3, 0.4) is 0 Å². The number of benzene rings is 1. The molecule has 1 aromatic rings. The highest BCUT2D eigenvalue weighted by atomic mass is 16.5. The molecule has 1 saturated heterocycles. The van der Waals surface area contributed by atoms with E-state index < -0.39 is 5.60 Å². The second kappa shape index (κ2) is 4.90. The van der Waals surface area contributed by atoms with Crippen LogP contribution in [0, 0.1) is 0 Å². The predicted molar refractivity (Wildman–Crippen MR) is 68.8 cm³/mol. The fourth-order valence-electron chi connectivity index (χ4n) is 2.42. The molecule has 2 fully saturated rings. The summed E-state index contributed by atoms with van der Waals surface area (Å²) in [7, 11) is 0. The van der Waals surface area contributed by atoms with Gasteiger partial charge < -0.3 is 14.6 Å². The summed E-state index contributed by atoms with van der Waals surface area (Å²) in [5, 5.41) is 9.94. The van der Waals surface area contributed by atoms with Gasteiger partial charge in [-0.1, -0.05) is 12.1 Å². The van der Waals surface area contributed by atoms with Gasteiger partial charge in [0.2, 0.25) is 0 Å². The highest BCUT2D eigenvalue weighted by Gasteiger charge is 2.40. The minimum atomic E-state index is -0.433. The van der Waals surface area contributed by atoms with Crippen LogP contribution in [0.1, 0.15) is 31.2 Å².